The molecule has 0 radical (unpaired) electrons. The topological polar surface area (TPSA) is 35.6 Å². The molecule has 1 saturated heterocycles. The van der Waals surface area contributed by atoms with E-state index in [0.29, 0.717) is 12.2 Å². The minimum absolute atomic E-state index is 0.0831. The highest BCUT2D eigenvalue weighted by Crippen LogP contribution is 2.39. The zero-order valence-electron chi connectivity index (χ0n) is 16.8. The van der Waals surface area contributed by atoms with Gasteiger partial charge in [0.15, 0.2) is 0 Å². The monoisotopic (exact) mass is 405 g/mol. The van der Waals surface area contributed by atoms with Crippen LogP contribution >= 0.6 is 0 Å². The molecule has 1 heterocycles. The number of carbonyl (C=O) groups is 1. The summed E-state index contributed by atoms with van der Waals surface area (Å²) in [6, 6.07) is 14.8. The molecule has 0 spiro atoms. The number of rotatable bonds is 5. The van der Waals surface area contributed by atoms with Gasteiger partial charge in [-0.15, -0.1) is 0 Å². The molecule has 29 heavy (non-hydrogen) atoms. The number of halogens is 3. The molecule has 0 unspecified atom stereocenters. The highest BCUT2D eigenvalue weighted by Gasteiger charge is 2.52. The van der Waals surface area contributed by atoms with Crippen LogP contribution in [-0.2, 0) is 11.3 Å². The fourth-order valence-electron chi connectivity index (χ4n) is 3.75. The average molecular weight is 405 g/mol. The SMILES string of the molecule is Cc1cc(N(C)C)ccc1NC(=O)[C@H]1CN(Cc2ccccc2)C[C@H]1C(F)(F)F. The molecule has 0 bridgehead atoms. The van der Waals surface area contributed by atoms with E-state index in [1.165, 1.54) is 0 Å². The first kappa shape index (κ1) is 21.2. The summed E-state index contributed by atoms with van der Waals surface area (Å²) in [5.74, 6) is -3.39. The summed E-state index contributed by atoms with van der Waals surface area (Å²) in [6.07, 6.45) is -4.42. The maximum atomic E-state index is 13.6. The highest BCUT2D eigenvalue weighted by atomic mass is 19.4. The van der Waals surface area contributed by atoms with Gasteiger partial charge in [-0.05, 0) is 36.2 Å². The Morgan fingerprint density at radius 1 is 1.14 bits per heavy atom. The maximum Gasteiger partial charge on any atom is 0.393 e. The van der Waals surface area contributed by atoms with Crippen molar-refractivity contribution in [3.05, 3.63) is 59.7 Å². The molecule has 1 N–H and O–H groups in total. The molecule has 7 heteroatoms. The van der Waals surface area contributed by atoms with Crippen molar-refractivity contribution in [1.29, 1.82) is 0 Å². The molecular weight excluding hydrogens is 379 g/mol. The van der Waals surface area contributed by atoms with E-state index in [1.807, 2.05) is 68.4 Å². The standard InChI is InChI=1S/C22H26F3N3O/c1-15-11-17(27(2)3)9-10-20(15)26-21(29)18-13-28(14-19(18)22(23,24)25)12-16-7-5-4-6-8-16/h4-11,18-19H,12-14H2,1-3H3,(H,26,29)/t18-,19+/m0/s1. The molecule has 2 aromatic carbocycles. The van der Waals surface area contributed by atoms with E-state index >= 15 is 0 Å². The Balaban J connectivity index is 1.75. The Bertz CT molecular complexity index is 852. The van der Waals surface area contributed by atoms with E-state index in [9.17, 15) is 18.0 Å². The van der Waals surface area contributed by atoms with Crippen LogP contribution in [0.2, 0.25) is 0 Å². The van der Waals surface area contributed by atoms with Gasteiger partial charge in [0.2, 0.25) is 5.91 Å². The fraction of sp³-hybridized carbons (Fsp3) is 0.409. The van der Waals surface area contributed by atoms with E-state index in [2.05, 4.69) is 5.32 Å². The number of hydrogen-bond acceptors (Lipinski definition) is 3. The molecule has 1 amide bonds. The number of amides is 1. The van der Waals surface area contributed by atoms with Crippen molar-refractivity contribution in [2.24, 2.45) is 11.8 Å². The number of carbonyl (C=O) groups excluding carboxylic acids is 1. The van der Waals surface area contributed by atoms with Gasteiger partial charge < -0.3 is 10.2 Å². The van der Waals surface area contributed by atoms with Gasteiger partial charge in [0, 0.05) is 45.1 Å². The second-order valence-corrected chi connectivity index (χ2v) is 7.82. The number of anilines is 2. The second-order valence-electron chi connectivity index (χ2n) is 7.82. The summed E-state index contributed by atoms with van der Waals surface area (Å²) in [5, 5.41) is 2.72. The van der Waals surface area contributed by atoms with Crippen LogP contribution in [0.25, 0.3) is 0 Å². The quantitative estimate of drug-likeness (QED) is 0.805. The number of benzene rings is 2. The van der Waals surface area contributed by atoms with Crippen molar-refractivity contribution in [1.82, 2.24) is 4.90 Å². The second kappa shape index (κ2) is 8.45. The summed E-state index contributed by atoms with van der Waals surface area (Å²) >= 11 is 0. The van der Waals surface area contributed by atoms with E-state index in [-0.39, 0.29) is 13.1 Å². The summed E-state index contributed by atoms with van der Waals surface area (Å²) in [5.41, 5.74) is 3.25. The van der Waals surface area contributed by atoms with Gasteiger partial charge in [0.25, 0.3) is 0 Å². The summed E-state index contributed by atoms with van der Waals surface area (Å²) in [6.45, 7) is 2.14. The van der Waals surface area contributed by atoms with Gasteiger partial charge in [-0.2, -0.15) is 13.2 Å². The van der Waals surface area contributed by atoms with Crippen LogP contribution < -0.4 is 10.2 Å². The van der Waals surface area contributed by atoms with Crippen LogP contribution in [0.4, 0.5) is 24.5 Å². The molecule has 3 rings (SSSR count). The Morgan fingerprint density at radius 3 is 2.41 bits per heavy atom. The minimum Gasteiger partial charge on any atom is -0.378 e. The molecule has 0 saturated carbocycles. The number of aryl methyl sites for hydroxylation is 1. The Hall–Kier alpha value is -2.54. The van der Waals surface area contributed by atoms with Crippen LogP contribution in [0.1, 0.15) is 11.1 Å². The lowest BCUT2D eigenvalue weighted by molar-refractivity contribution is -0.182. The van der Waals surface area contributed by atoms with Crippen LogP contribution in [-0.4, -0.2) is 44.2 Å². The Kier molecular flexibility index (Phi) is 6.17. The van der Waals surface area contributed by atoms with Crippen molar-refractivity contribution < 1.29 is 18.0 Å². The zero-order valence-corrected chi connectivity index (χ0v) is 16.8. The lowest BCUT2D eigenvalue weighted by atomic mass is 9.94. The molecule has 2 aromatic rings. The van der Waals surface area contributed by atoms with Gasteiger partial charge in [0.1, 0.15) is 0 Å². The molecule has 1 aliphatic rings. The van der Waals surface area contributed by atoms with Crippen LogP contribution in [0, 0.1) is 18.8 Å². The maximum absolute atomic E-state index is 13.6. The summed E-state index contributed by atoms with van der Waals surface area (Å²) in [7, 11) is 3.81. The lowest BCUT2D eigenvalue weighted by Gasteiger charge is -2.21. The van der Waals surface area contributed by atoms with E-state index in [0.717, 1.165) is 16.8 Å². The van der Waals surface area contributed by atoms with Gasteiger partial charge in [-0.1, -0.05) is 30.3 Å². The van der Waals surface area contributed by atoms with Gasteiger partial charge in [-0.25, -0.2) is 0 Å². The average Bonchev–Trinajstić information content (AvgIpc) is 3.08. The number of likely N-dealkylation sites (tertiary alicyclic amines) is 1. The molecule has 0 aromatic heterocycles. The van der Waals surface area contributed by atoms with Crippen LogP contribution in [0.15, 0.2) is 48.5 Å². The van der Waals surface area contributed by atoms with Crippen molar-refractivity contribution >= 4 is 17.3 Å². The van der Waals surface area contributed by atoms with Gasteiger partial charge in [-0.3, -0.25) is 9.69 Å². The Labute approximate surface area is 169 Å². The molecule has 1 fully saturated rings. The van der Waals surface area contributed by atoms with E-state index in [1.54, 1.807) is 11.0 Å². The van der Waals surface area contributed by atoms with E-state index < -0.39 is 23.9 Å². The predicted octanol–water partition coefficient (Wildman–Crippen LogP) is 4.31. The first-order chi connectivity index (χ1) is 13.6. The third-order valence-corrected chi connectivity index (χ3v) is 5.39. The van der Waals surface area contributed by atoms with Crippen molar-refractivity contribution in [2.75, 3.05) is 37.4 Å². The van der Waals surface area contributed by atoms with Gasteiger partial charge >= 0.3 is 6.18 Å². The van der Waals surface area contributed by atoms with Crippen LogP contribution in [0.3, 0.4) is 0 Å². The highest BCUT2D eigenvalue weighted by molar-refractivity contribution is 5.94. The zero-order chi connectivity index (χ0) is 21.2. The smallest absolute Gasteiger partial charge is 0.378 e. The summed E-state index contributed by atoms with van der Waals surface area (Å²) in [4.78, 5) is 16.4. The van der Waals surface area contributed by atoms with Gasteiger partial charge in [0.05, 0.1) is 11.8 Å². The summed E-state index contributed by atoms with van der Waals surface area (Å²) < 4.78 is 40.9. The molecule has 4 nitrogen and oxygen atoms in total. The molecule has 156 valence electrons. The predicted molar refractivity (Wildman–Crippen MR) is 109 cm³/mol. The van der Waals surface area contributed by atoms with Crippen molar-refractivity contribution in [2.45, 2.75) is 19.6 Å². The minimum atomic E-state index is -4.42. The Morgan fingerprint density at radius 2 is 1.83 bits per heavy atom. The first-order valence-electron chi connectivity index (χ1n) is 9.57. The number of hydrogen-bond donors (Lipinski definition) is 1. The molecule has 0 aliphatic carbocycles. The fourth-order valence-corrected chi connectivity index (χ4v) is 3.75. The lowest BCUT2D eigenvalue weighted by Crippen LogP contribution is -2.36. The van der Waals surface area contributed by atoms with E-state index in [4.69, 9.17) is 0 Å². The first-order valence-corrected chi connectivity index (χ1v) is 9.57. The molecule has 2 atom stereocenters. The van der Waals surface area contributed by atoms with Crippen molar-refractivity contribution in [3.8, 4) is 0 Å². The van der Waals surface area contributed by atoms with Crippen LogP contribution in [0.5, 0.6) is 0 Å². The number of alkyl halides is 3. The molecule has 1 aliphatic heterocycles. The van der Waals surface area contributed by atoms with Crippen molar-refractivity contribution in [3.63, 3.8) is 0 Å². The normalized spacial score (nSPS) is 19.9. The largest absolute Gasteiger partial charge is 0.393 e. The molecular formula is C22H26F3N3O. The third-order valence-electron chi connectivity index (χ3n) is 5.39. The number of nitrogens with zero attached hydrogens (tertiary/aromatic N) is 2. The number of nitrogens with one attached hydrogen (secondary N) is 1. The third kappa shape index (κ3) is 5.09.